The Labute approximate surface area is 438 Å². The predicted molar refractivity (Wildman–Crippen MR) is 303 cm³/mol. The summed E-state index contributed by atoms with van der Waals surface area (Å²) in [6, 6.07) is 0. The van der Waals surface area contributed by atoms with Gasteiger partial charge >= 0.3 is 17.9 Å². The van der Waals surface area contributed by atoms with Crippen molar-refractivity contribution in [2.75, 3.05) is 13.2 Å². The molecule has 0 spiro atoms. The third kappa shape index (κ3) is 57.3. The number of hydrogen-bond acceptors (Lipinski definition) is 6. The number of ether oxygens (including phenoxy) is 3. The van der Waals surface area contributed by atoms with Gasteiger partial charge < -0.3 is 14.2 Å². The lowest BCUT2D eigenvalue weighted by Gasteiger charge is -2.18. The van der Waals surface area contributed by atoms with Gasteiger partial charge in [-0.1, -0.05) is 335 Å². The van der Waals surface area contributed by atoms with Crippen LogP contribution in [0.4, 0.5) is 0 Å². The van der Waals surface area contributed by atoms with Gasteiger partial charge in [-0.25, -0.2) is 0 Å². The Kier molecular flexibility index (Phi) is 58.6. The third-order valence-corrected chi connectivity index (χ3v) is 14.9. The van der Waals surface area contributed by atoms with Crippen molar-refractivity contribution < 1.29 is 28.6 Å². The number of unbranched alkanes of at least 4 members (excludes halogenated alkanes) is 49. The molecule has 0 bridgehead atoms. The van der Waals surface area contributed by atoms with Crippen LogP contribution >= 0.6 is 0 Å². The number of carbonyl (C=O) groups excluding carboxylic acids is 3. The van der Waals surface area contributed by atoms with E-state index in [1.165, 1.54) is 276 Å². The average molecular weight is 990 g/mol. The Morgan fingerprint density at radius 1 is 0.229 bits per heavy atom. The fourth-order valence-corrected chi connectivity index (χ4v) is 10.0. The van der Waals surface area contributed by atoms with Gasteiger partial charge in [-0.05, 0) is 19.3 Å². The van der Waals surface area contributed by atoms with E-state index in [1.54, 1.807) is 0 Å². The molecular formula is C64H124O6. The zero-order chi connectivity index (χ0) is 50.7. The summed E-state index contributed by atoms with van der Waals surface area (Å²) in [6.07, 6.45) is 68.7. The molecule has 0 aromatic carbocycles. The van der Waals surface area contributed by atoms with Crippen molar-refractivity contribution in [2.45, 2.75) is 380 Å². The maximum atomic E-state index is 12.8. The summed E-state index contributed by atoms with van der Waals surface area (Å²) in [5, 5.41) is 0. The molecule has 1 atom stereocenters. The molecule has 0 heterocycles. The highest BCUT2D eigenvalue weighted by atomic mass is 16.6. The summed E-state index contributed by atoms with van der Waals surface area (Å²) in [7, 11) is 0. The normalized spacial score (nSPS) is 11.9. The fraction of sp³-hybridized carbons (Fsp3) is 0.953. The number of rotatable bonds is 60. The number of carbonyl (C=O) groups is 3. The summed E-state index contributed by atoms with van der Waals surface area (Å²) in [5.41, 5.74) is 0. The maximum Gasteiger partial charge on any atom is 0.306 e. The van der Waals surface area contributed by atoms with E-state index in [4.69, 9.17) is 14.2 Å². The Hall–Kier alpha value is -1.59. The summed E-state index contributed by atoms with van der Waals surface area (Å²) in [6.45, 7) is 6.67. The molecule has 0 fully saturated rings. The van der Waals surface area contributed by atoms with Crippen LogP contribution < -0.4 is 0 Å². The minimum absolute atomic E-state index is 0.0617. The Morgan fingerprint density at radius 2 is 0.386 bits per heavy atom. The third-order valence-electron chi connectivity index (χ3n) is 14.9. The van der Waals surface area contributed by atoms with Gasteiger partial charge in [-0.15, -0.1) is 0 Å². The van der Waals surface area contributed by atoms with E-state index in [0.29, 0.717) is 19.3 Å². The first kappa shape index (κ1) is 68.4. The largest absolute Gasteiger partial charge is 0.462 e. The van der Waals surface area contributed by atoms with Crippen LogP contribution in [0.25, 0.3) is 0 Å². The van der Waals surface area contributed by atoms with Gasteiger partial charge in [0.2, 0.25) is 0 Å². The fourth-order valence-electron chi connectivity index (χ4n) is 10.0. The van der Waals surface area contributed by atoms with Gasteiger partial charge in [-0.2, -0.15) is 0 Å². The van der Waals surface area contributed by atoms with Crippen molar-refractivity contribution in [3.63, 3.8) is 0 Å². The van der Waals surface area contributed by atoms with Crippen molar-refractivity contribution in [1.29, 1.82) is 0 Å². The molecule has 0 aromatic rings. The monoisotopic (exact) mass is 989 g/mol. The molecule has 0 aliphatic rings. The first-order valence-corrected chi connectivity index (χ1v) is 32.0. The Bertz CT molecular complexity index is 1040. The van der Waals surface area contributed by atoms with Crippen molar-refractivity contribution in [3.8, 4) is 0 Å². The van der Waals surface area contributed by atoms with E-state index in [0.717, 1.165) is 57.8 Å². The van der Waals surface area contributed by atoms with E-state index in [1.807, 2.05) is 0 Å². The molecule has 0 saturated carbocycles. The smallest absolute Gasteiger partial charge is 0.306 e. The molecule has 6 heteroatoms. The molecular weight excluding hydrogens is 865 g/mol. The van der Waals surface area contributed by atoms with Crippen molar-refractivity contribution >= 4 is 17.9 Å². The van der Waals surface area contributed by atoms with Crippen LogP contribution in [-0.4, -0.2) is 37.2 Å². The summed E-state index contributed by atoms with van der Waals surface area (Å²) in [5.74, 6) is -0.839. The van der Waals surface area contributed by atoms with Gasteiger partial charge in [-0.3, -0.25) is 14.4 Å². The highest BCUT2D eigenvalue weighted by Crippen LogP contribution is 2.19. The van der Waals surface area contributed by atoms with Crippen LogP contribution in [0.2, 0.25) is 0 Å². The van der Waals surface area contributed by atoms with Gasteiger partial charge in [0.05, 0.1) is 0 Å². The first-order chi connectivity index (χ1) is 34.5. The van der Waals surface area contributed by atoms with Crippen molar-refractivity contribution in [3.05, 3.63) is 0 Å². The predicted octanol–water partition coefficient (Wildman–Crippen LogP) is 21.5. The van der Waals surface area contributed by atoms with Crippen LogP contribution in [0.3, 0.4) is 0 Å². The molecule has 70 heavy (non-hydrogen) atoms. The molecule has 0 aromatic heterocycles. The molecule has 6 nitrogen and oxygen atoms in total. The molecule has 416 valence electrons. The lowest BCUT2D eigenvalue weighted by Crippen LogP contribution is -2.30. The standard InChI is InChI=1S/C64H124O6/c1-4-7-10-13-16-18-20-22-24-26-27-28-29-30-31-32-33-34-35-36-37-38-40-41-43-45-48-51-54-57-63(66)69-60-61(59-68-62(65)56-53-50-47-15-12-9-6-3)70-64(67)58-55-52-49-46-44-42-39-25-23-21-19-17-14-11-8-5-2/h61H,4-60H2,1-3H3. The van der Waals surface area contributed by atoms with Gasteiger partial charge in [0.25, 0.3) is 0 Å². The second kappa shape index (κ2) is 60.0. The van der Waals surface area contributed by atoms with E-state index in [2.05, 4.69) is 20.8 Å². The molecule has 0 saturated heterocycles. The number of hydrogen-bond donors (Lipinski definition) is 0. The number of esters is 3. The molecule has 0 amide bonds. The summed E-state index contributed by atoms with van der Waals surface area (Å²) >= 11 is 0. The highest BCUT2D eigenvalue weighted by molar-refractivity contribution is 5.71. The van der Waals surface area contributed by atoms with Crippen LogP contribution in [0.15, 0.2) is 0 Å². The molecule has 1 unspecified atom stereocenters. The van der Waals surface area contributed by atoms with Crippen LogP contribution in [0, 0.1) is 0 Å². The second-order valence-electron chi connectivity index (χ2n) is 22.1. The van der Waals surface area contributed by atoms with E-state index >= 15 is 0 Å². The zero-order valence-electron chi connectivity index (χ0n) is 47.8. The second-order valence-corrected chi connectivity index (χ2v) is 22.1. The SMILES string of the molecule is CCCCCCCCCCCCCCCCCCCCCCCCCCCCCCCC(=O)OCC(COC(=O)CCCCCCCCC)OC(=O)CCCCCCCCCCCCCCCCCC. The minimum Gasteiger partial charge on any atom is -0.462 e. The van der Waals surface area contributed by atoms with E-state index < -0.39 is 6.10 Å². The van der Waals surface area contributed by atoms with Crippen molar-refractivity contribution in [2.24, 2.45) is 0 Å². The van der Waals surface area contributed by atoms with Gasteiger partial charge in [0.15, 0.2) is 6.10 Å². The minimum atomic E-state index is -0.760. The summed E-state index contributed by atoms with van der Waals surface area (Å²) in [4.78, 5) is 38.0. The van der Waals surface area contributed by atoms with Crippen molar-refractivity contribution in [1.82, 2.24) is 0 Å². The highest BCUT2D eigenvalue weighted by Gasteiger charge is 2.19. The van der Waals surface area contributed by atoms with E-state index in [-0.39, 0.29) is 31.1 Å². The Balaban J connectivity index is 3.97. The molecule has 0 N–H and O–H groups in total. The average Bonchev–Trinajstić information content (AvgIpc) is 3.36. The van der Waals surface area contributed by atoms with Gasteiger partial charge in [0, 0.05) is 19.3 Å². The molecule has 0 aliphatic heterocycles. The lowest BCUT2D eigenvalue weighted by atomic mass is 10.0. The summed E-state index contributed by atoms with van der Waals surface area (Å²) < 4.78 is 16.8. The topological polar surface area (TPSA) is 78.9 Å². The molecule has 0 aliphatic carbocycles. The van der Waals surface area contributed by atoms with Crippen LogP contribution in [0.1, 0.15) is 374 Å². The first-order valence-electron chi connectivity index (χ1n) is 32.0. The van der Waals surface area contributed by atoms with Crippen LogP contribution in [-0.2, 0) is 28.6 Å². The quantitative estimate of drug-likeness (QED) is 0.0343. The van der Waals surface area contributed by atoms with Crippen LogP contribution in [0.5, 0.6) is 0 Å². The Morgan fingerprint density at radius 3 is 0.571 bits per heavy atom. The molecule has 0 rings (SSSR count). The molecule has 0 radical (unpaired) electrons. The van der Waals surface area contributed by atoms with E-state index in [9.17, 15) is 14.4 Å². The van der Waals surface area contributed by atoms with Gasteiger partial charge in [0.1, 0.15) is 13.2 Å². The lowest BCUT2D eigenvalue weighted by molar-refractivity contribution is -0.167. The zero-order valence-corrected chi connectivity index (χ0v) is 47.8. The maximum absolute atomic E-state index is 12.8.